The Morgan fingerprint density at radius 2 is 1.86 bits per heavy atom. The third-order valence-corrected chi connectivity index (χ3v) is 6.48. The zero-order valence-corrected chi connectivity index (χ0v) is 13.0. The van der Waals surface area contributed by atoms with E-state index in [4.69, 9.17) is 0 Å². The van der Waals surface area contributed by atoms with Crippen molar-refractivity contribution in [3.8, 4) is 0 Å². The minimum absolute atomic E-state index is 0.377. The van der Waals surface area contributed by atoms with Crippen molar-refractivity contribution in [2.24, 2.45) is 0 Å². The molecule has 112 valence electrons. The molecule has 21 heavy (non-hydrogen) atoms. The summed E-state index contributed by atoms with van der Waals surface area (Å²) in [7, 11) is -4.53. The lowest BCUT2D eigenvalue weighted by atomic mass is 10.4. The highest BCUT2D eigenvalue weighted by Crippen LogP contribution is 2.43. The topological polar surface area (TPSA) is 59.9 Å². The summed E-state index contributed by atoms with van der Waals surface area (Å²) in [5.74, 6) is -2.87. The average Bonchev–Trinajstić information content (AvgIpc) is 3.20. The number of hydrogen-bond acceptors (Lipinski definition) is 6. The maximum absolute atomic E-state index is 12.4. The second kappa shape index (κ2) is 5.62. The van der Waals surface area contributed by atoms with E-state index >= 15 is 0 Å². The highest BCUT2D eigenvalue weighted by molar-refractivity contribution is 8.01. The molecule has 1 heterocycles. The lowest BCUT2D eigenvalue weighted by Crippen LogP contribution is -2.10. The van der Waals surface area contributed by atoms with Crippen molar-refractivity contribution in [3.05, 3.63) is 29.3 Å². The Bertz CT molecular complexity index is 740. The number of sulfone groups is 1. The van der Waals surface area contributed by atoms with Gasteiger partial charge in [-0.15, -0.1) is 10.2 Å². The van der Waals surface area contributed by atoms with Crippen molar-refractivity contribution in [2.75, 3.05) is 0 Å². The smallest absolute Gasteiger partial charge is 0.218 e. The first-order valence-corrected chi connectivity index (χ1v) is 9.28. The molecule has 1 fully saturated rings. The van der Waals surface area contributed by atoms with Crippen LogP contribution >= 0.6 is 23.1 Å². The van der Waals surface area contributed by atoms with Crippen molar-refractivity contribution in [2.45, 2.75) is 38.6 Å². The molecular formula is C12H10F2N2O2S3. The summed E-state index contributed by atoms with van der Waals surface area (Å²) >= 11 is 2.86. The first-order valence-electron chi connectivity index (χ1n) is 6.10. The second-order valence-electron chi connectivity index (χ2n) is 4.56. The number of alkyl halides is 2. The van der Waals surface area contributed by atoms with E-state index in [1.807, 2.05) is 0 Å². The Labute approximate surface area is 128 Å². The van der Waals surface area contributed by atoms with E-state index in [1.54, 1.807) is 0 Å². The largest absolute Gasteiger partial charge is 0.341 e. The first kappa shape index (κ1) is 14.9. The Kier molecular flexibility index (Phi) is 3.98. The highest BCUT2D eigenvalue weighted by atomic mass is 32.2. The molecule has 0 unspecified atom stereocenters. The highest BCUT2D eigenvalue weighted by Gasteiger charge is 2.28. The molecule has 0 atom stereocenters. The summed E-state index contributed by atoms with van der Waals surface area (Å²) in [5.41, 5.74) is 0. The lowest BCUT2D eigenvalue weighted by molar-refractivity contribution is 0.234. The zero-order chi connectivity index (χ0) is 15.0. The predicted molar refractivity (Wildman–Crippen MR) is 75.6 cm³/mol. The fourth-order valence-corrected chi connectivity index (χ4v) is 4.39. The van der Waals surface area contributed by atoms with E-state index in [9.17, 15) is 17.2 Å². The van der Waals surface area contributed by atoms with Gasteiger partial charge >= 0.3 is 5.76 Å². The van der Waals surface area contributed by atoms with Crippen LogP contribution in [0.5, 0.6) is 0 Å². The van der Waals surface area contributed by atoms with Crippen molar-refractivity contribution in [3.63, 3.8) is 0 Å². The number of nitrogens with zero attached hydrogens (tertiary/aromatic N) is 2. The molecule has 0 aliphatic heterocycles. The van der Waals surface area contributed by atoms with Crippen LogP contribution in [0.2, 0.25) is 0 Å². The van der Waals surface area contributed by atoms with Crippen LogP contribution < -0.4 is 0 Å². The van der Waals surface area contributed by atoms with Crippen LogP contribution in [-0.4, -0.2) is 24.4 Å². The van der Waals surface area contributed by atoms with Gasteiger partial charge in [0.05, 0.1) is 4.90 Å². The number of aromatic nitrogens is 2. The monoisotopic (exact) mass is 348 g/mol. The molecule has 1 saturated carbocycles. The number of benzene rings is 1. The van der Waals surface area contributed by atoms with Gasteiger partial charge in [-0.05, 0) is 37.1 Å². The summed E-state index contributed by atoms with van der Waals surface area (Å²) in [6.07, 6.45) is 2.30. The van der Waals surface area contributed by atoms with E-state index in [-0.39, 0.29) is 4.90 Å². The van der Waals surface area contributed by atoms with Crippen LogP contribution in [0.3, 0.4) is 0 Å². The number of rotatable bonds is 5. The molecule has 0 radical (unpaired) electrons. The molecule has 2 aromatic rings. The van der Waals surface area contributed by atoms with Gasteiger partial charge in [0.2, 0.25) is 9.84 Å². The predicted octanol–water partition coefficient (Wildman–Crippen LogP) is 3.56. The molecule has 9 heteroatoms. The molecule has 3 rings (SSSR count). The molecule has 0 amide bonds. The maximum Gasteiger partial charge on any atom is 0.341 e. The Morgan fingerprint density at radius 1 is 1.19 bits per heavy atom. The zero-order valence-electron chi connectivity index (χ0n) is 10.6. The van der Waals surface area contributed by atoms with Gasteiger partial charge in [-0.25, -0.2) is 8.42 Å². The van der Waals surface area contributed by atoms with Crippen LogP contribution in [0.25, 0.3) is 0 Å². The molecule has 1 aromatic carbocycles. The summed E-state index contributed by atoms with van der Waals surface area (Å²) in [5, 5.41) is 9.19. The lowest BCUT2D eigenvalue weighted by Gasteiger charge is -2.03. The average molecular weight is 348 g/mol. The van der Waals surface area contributed by atoms with E-state index in [0.717, 1.165) is 27.1 Å². The molecular weight excluding hydrogens is 338 g/mol. The number of hydrogen-bond donors (Lipinski definition) is 0. The van der Waals surface area contributed by atoms with Crippen molar-refractivity contribution < 1.29 is 17.2 Å². The molecule has 0 saturated heterocycles. The van der Waals surface area contributed by atoms with E-state index in [1.165, 1.54) is 47.4 Å². The van der Waals surface area contributed by atoms with E-state index in [2.05, 4.69) is 10.2 Å². The third-order valence-electron chi connectivity index (χ3n) is 2.94. The molecule has 0 spiro atoms. The van der Waals surface area contributed by atoms with Crippen LogP contribution in [0.4, 0.5) is 8.78 Å². The minimum Gasteiger partial charge on any atom is -0.218 e. The van der Waals surface area contributed by atoms with Gasteiger partial charge in [0.15, 0.2) is 4.34 Å². The first-order chi connectivity index (χ1) is 9.96. The Morgan fingerprint density at radius 3 is 2.43 bits per heavy atom. The van der Waals surface area contributed by atoms with Gasteiger partial charge < -0.3 is 0 Å². The molecule has 0 N–H and O–H groups in total. The van der Waals surface area contributed by atoms with Gasteiger partial charge in [0.1, 0.15) is 5.01 Å². The normalized spacial score (nSPS) is 15.6. The summed E-state index contributed by atoms with van der Waals surface area (Å²) in [6.45, 7) is 0. The number of halogens is 2. The van der Waals surface area contributed by atoms with Crippen molar-refractivity contribution in [1.82, 2.24) is 10.2 Å². The SMILES string of the molecule is O=S(=O)(c1ccc(Sc2nnc(C3CC3)s2)cc1)C(F)F. The van der Waals surface area contributed by atoms with Crippen molar-refractivity contribution >= 4 is 32.9 Å². The van der Waals surface area contributed by atoms with Crippen LogP contribution in [0.1, 0.15) is 23.8 Å². The second-order valence-corrected chi connectivity index (χ2v) is 8.81. The Balaban J connectivity index is 1.74. The van der Waals surface area contributed by atoms with Crippen LogP contribution in [-0.2, 0) is 9.84 Å². The fraction of sp³-hybridized carbons (Fsp3) is 0.333. The van der Waals surface area contributed by atoms with Gasteiger partial charge in [-0.2, -0.15) is 8.78 Å². The van der Waals surface area contributed by atoms with Gasteiger partial charge in [-0.1, -0.05) is 23.1 Å². The third kappa shape index (κ3) is 3.24. The summed E-state index contributed by atoms with van der Waals surface area (Å²) in [4.78, 5) is 0.361. The minimum atomic E-state index is -4.53. The fourth-order valence-electron chi connectivity index (χ4n) is 1.66. The van der Waals surface area contributed by atoms with Crippen LogP contribution in [0.15, 0.2) is 38.4 Å². The molecule has 1 aliphatic rings. The Hall–Kier alpha value is -1.06. The molecule has 0 bridgehead atoms. The van der Waals surface area contributed by atoms with Crippen LogP contribution in [0, 0.1) is 0 Å². The van der Waals surface area contributed by atoms with Gasteiger partial charge in [-0.3, -0.25) is 0 Å². The summed E-state index contributed by atoms with van der Waals surface area (Å²) < 4.78 is 48.2. The summed E-state index contributed by atoms with van der Waals surface area (Å²) in [6, 6.07) is 5.37. The van der Waals surface area contributed by atoms with Gasteiger partial charge in [0.25, 0.3) is 0 Å². The quantitative estimate of drug-likeness (QED) is 0.827. The molecule has 1 aliphatic carbocycles. The van der Waals surface area contributed by atoms with E-state index < -0.39 is 15.6 Å². The molecule has 1 aromatic heterocycles. The maximum atomic E-state index is 12.4. The molecule has 4 nitrogen and oxygen atoms in total. The van der Waals surface area contributed by atoms with E-state index in [0.29, 0.717) is 5.92 Å². The standard InChI is InChI=1S/C12H10F2N2O2S3/c13-11(14)21(17,18)9-5-3-8(4-6-9)19-12-16-15-10(20-12)7-1-2-7/h3-7,11H,1-2H2. The van der Waals surface area contributed by atoms with Gasteiger partial charge in [0, 0.05) is 10.8 Å². The van der Waals surface area contributed by atoms with Crippen molar-refractivity contribution in [1.29, 1.82) is 0 Å².